The molecule has 3 rings (SSSR count). The number of aromatic nitrogens is 1. The number of nitrogens with one attached hydrogen (secondary N) is 2. The number of methoxy groups -OCH3 is 1. The Labute approximate surface area is 179 Å². The van der Waals surface area contributed by atoms with Gasteiger partial charge < -0.3 is 25.0 Å². The first-order valence-corrected chi connectivity index (χ1v) is 9.87. The summed E-state index contributed by atoms with van der Waals surface area (Å²) in [5, 5.41) is 6.61. The van der Waals surface area contributed by atoms with Gasteiger partial charge in [0.15, 0.2) is 12.6 Å². The normalized spacial score (nSPS) is 16.9. The van der Waals surface area contributed by atoms with Crippen LogP contribution in [0.1, 0.15) is 12.0 Å². The number of alkyl halides is 3. The number of guanidine groups is 1. The first-order chi connectivity index (χ1) is 14.9. The Kier molecular flexibility index (Phi) is 7.43. The molecule has 0 aliphatic carbocycles. The fraction of sp³-hybridized carbons (Fsp3) is 0.429. The zero-order valence-corrected chi connectivity index (χ0v) is 17.4. The molecule has 0 amide bonds. The molecule has 0 radical (unpaired) electrons. The average Bonchev–Trinajstić information content (AvgIpc) is 3.23. The van der Waals surface area contributed by atoms with Crippen molar-refractivity contribution < 1.29 is 22.6 Å². The molecule has 10 heteroatoms. The van der Waals surface area contributed by atoms with Gasteiger partial charge in [0.25, 0.3) is 0 Å². The second-order valence-corrected chi connectivity index (χ2v) is 7.08. The molecule has 31 heavy (non-hydrogen) atoms. The molecule has 168 valence electrons. The van der Waals surface area contributed by atoms with Gasteiger partial charge in [-0.25, -0.2) is 4.98 Å². The summed E-state index contributed by atoms with van der Waals surface area (Å²) in [4.78, 5) is 10.4. The minimum Gasteiger partial charge on any atom is -0.495 e. The summed E-state index contributed by atoms with van der Waals surface area (Å²) in [6.07, 6.45) is -1.96. The molecular weight excluding hydrogens is 411 g/mol. The summed E-state index contributed by atoms with van der Waals surface area (Å²) in [5.41, 5.74) is 1.86. The predicted molar refractivity (Wildman–Crippen MR) is 113 cm³/mol. The van der Waals surface area contributed by atoms with Gasteiger partial charge in [-0.1, -0.05) is 18.2 Å². The van der Waals surface area contributed by atoms with Crippen LogP contribution in [0, 0.1) is 0 Å². The Hall–Kier alpha value is -3.17. The van der Waals surface area contributed by atoms with Crippen LogP contribution in [0.15, 0.2) is 47.6 Å². The molecule has 0 saturated carbocycles. The van der Waals surface area contributed by atoms with Crippen molar-refractivity contribution in [2.24, 2.45) is 4.99 Å². The van der Waals surface area contributed by atoms with E-state index in [2.05, 4.69) is 30.2 Å². The van der Waals surface area contributed by atoms with E-state index in [1.165, 1.54) is 12.3 Å². The highest BCUT2D eigenvalue weighted by atomic mass is 19.4. The molecule has 2 N–H and O–H groups in total. The van der Waals surface area contributed by atoms with Gasteiger partial charge in [0.1, 0.15) is 5.75 Å². The summed E-state index contributed by atoms with van der Waals surface area (Å²) in [7, 11) is 3.36. The Bertz CT molecular complexity index is 874. The van der Waals surface area contributed by atoms with Crippen LogP contribution >= 0.6 is 0 Å². The van der Waals surface area contributed by atoms with Gasteiger partial charge in [0.05, 0.1) is 12.8 Å². The molecule has 1 aliphatic rings. The number of aliphatic imine (C=N–C) groups is 1. The maximum atomic E-state index is 12.2. The van der Waals surface area contributed by atoms with Gasteiger partial charge in [-0.3, -0.25) is 4.99 Å². The highest BCUT2D eigenvalue weighted by Crippen LogP contribution is 2.30. The molecule has 1 saturated heterocycles. The molecule has 0 spiro atoms. The summed E-state index contributed by atoms with van der Waals surface area (Å²) in [5.74, 6) is 1.43. The van der Waals surface area contributed by atoms with Crippen LogP contribution in [-0.4, -0.2) is 57.0 Å². The largest absolute Gasteiger partial charge is 0.495 e. The second-order valence-electron chi connectivity index (χ2n) is 7.08. The van der Waals surface area contributed by atoms with Crippen LogP contribution in [0.5, 0.6) is 11.6 Å². The predicted octanol–water partition coefficient (Wildman–Crippen LogP) is 2.98. The van der Waals surface area contributed by atoms with Crippen molar-refractivity contribution in [3.8, 4) is 11.6 Å². The topological polar surface area (TPSA) is 71.0 Å². The van der Waals surface area contributed by atoms with Crippen molar-refractivity contribution >= 4 is 11.6 Å². The number of hydrogen-bond donors (Lipinski definition) is 2. The van der Waals surface area contributed by atoms with Crippen molar-refractivity contribution in [3.63, 3.8) is 0 Å². The third-order valence-corrected chi connectivity index (χ3v) is 4.82. The fourth-order valence-corrected chi connectivity index (χ4v) is 3.32. The lowest BCUT2D eigenvalue weighted by Crippen LogP contribution is -2.44. The molecule has 0 bridgehead atoms. The molecule has 2 heterocycles. The van der Waals surface area contributed by atoms with Crippen LogP contribution in [0.3, 0.4) is 0 Å². The minimum absolute atomic E-state index is 0.0639. The van der Waals surface area contributed by atoms with Crippen LogP contribution in [0.2, 0.25) is 0 Å². The maximum Gasteiger partial charge on any atom is 0.422 e. The molecule has 1 aliphatic heterocycles. The molecule has 1 aromatic heterocycles. The van der Waals surface area contributed by atoms with Gasteiger partial charge in [-0.2, -0.15) is 13.2 Å². The number of halogens is 3. The Morgan fingerprint density at radius 1 is 1.26 bits per heavy atom. The summed E-state index contributed by atoms with van der Waals surface area (Å²) < 4.78 is 46.7. The lowest BCUT2D eigenvalue weighted by molar-refractivity contribution is -0.154. The van der Waals surface area contributed by atoms with E-state index in [9.17, 15) is 13.2 Å². The molecule has 2 aromatic rings. The second kappa shape index (κ2) is 10.2. The number of nitrogens with zero attached hydrogens (tertiary/aromatic N) is 3. The van der Waals surface area contributed by atoms with Crippen LogP contribution in [0.25, 0.3) is 0 Å². The third-order valence-electron chi connectivity index (χ3n) is 4.82. The molecule has 7 nitrogen and oxygen atoms in total. The maximum absolute atomic E-state index is 12.2. The first-order valence-electron chi connectivity index (χ1n) is 9.87. The van der Waals surface area contributed by atoms with Gasteiger partial charge in [0, 0.05) is 45.0 Å². The number of para-hydroxylation sites is 2. The lowest BCUT2D eigenvalue weighted by Gasteiger charge is -2.22. The number of pyridine rings is 1. The van der Waals surface area contributed by atoms with E-state index < -0.39 is 12.8 Å². The highest BCUT2D eigenvalue weighted by Gasteiger charge is 2.28. The summed E-state index contributed by atoms with van der Waals surface area (Å²) in [6.45, 7) is 0.781. The summed E-state index contributed by atoms with van der Waals surface area (Å²) in [6, 6.07) is 11.2. The van der Waals surface area contributed by atoms with Crippen molar-refractivity contribution in [1.82, 2.24) is 15.6 Å². The molecular formula is C21H26F3N5O2. The SMILES string of the molecule is CN=C(NCc1ccc(OCC(F)(F)F)nc1)NC1CCN(c2ccccc2OC)C1. The first kappa shape index (κ1) is 22.5. The average molecular weight is 437 g/mol. The van der Waals surface area contributed by atoms with Gasteiger partial charge >= 0.3 is 6.18 Å². The third kappa shape index (κ3) is 6.66. The van der Waals surface area contributed by atoms with Gasteiger partial charge in [-0.05, 0) is 24.1 Å². The van der Waals surface area contributed by atoms with E-state index >= 15 is 0 Å². The number of benzene rings is 1. The Morgan fingerprint density at radius 3 is 2.74 bits per heavy atom. The van der Waals surface area contributed by atoms with Crippen molar-refractivity contribution in [2.75, 3.05) is 38.8 Å². The number of rotatable bonds is 7. The molecule has 1 unspecified atom stereocenters. The monoisotopic (exact) mass is 437 g/mol. The van der Waals surface area contributed by atoms with Crippen LogP contribution in [-0.2, 0) is 6.54 Å². The van der Waals surface area contributed by atoms with E-state index in [1.54, 1.807) is 20.2 Å². The number of hydrogen-bond acceptors (Lipinski definition) is 5. The molecule has 1 aromatic carbocycles. The summed E-state index contributed by atoms with van der Waals surface area (Å²) >= 11 is 0. The quantitative estimate of drug-likeness (QED) is 0.513. The number of ether oxygens (including phenoxy) is 2. The van der Waals surface area contributed by atoms with E-state index in [1.807, 2.05) is 24.3 Å². The van der Waals surface area contributed by atoms with E-state index in [0.717, 1.165) is 36.5 Å². The fourth-order valence-electron chi connectivity index (χ4n) is 3.32. The smallest absolute Gasteiger partial charge is 0.422 e. The standard InChI is InChI=1S/C21H26F3N5O2/c1-25-20(27-12-15-7-8-19(26-11-15)31-14-21(22,23)24)28-16-9-10-29(13-16)17-5-3-4-6-18(17)30-2/h3-8,11,16H,9-10,12-14H2,1-2H3,(H2,25,27,28). The van der Waals surface area contributed by atoms with E-state index in [4.69, 9.17) is 4.74 Å². The lowest BCUT2D eigenvalue weighted by atomic mass is 10.2. The zero-order valence-electron chi connectivity index (χ0n) is 17.4. The Balaban J connectivity index is 1.48. The van der Waals surface area contributed by atoms with Crippen molar-refractivity contribution in [2.45, 2.75) is 25.2 Å². The van der Waals surface area contributed by atoms with Crippen LogP contribution < -0.4 is 25.0 Å². The number of anilines is 1. The molecule has 1 fully saturated rings. The van der Waals surface area contributed by atoms with Crippen molar-refractivity contribution in [3.05, 3.63) is 48.2 Å². The minimum atomic E-state index is -4.39. The van der Waals surface area contributed by atoms with E-state index in [-0.39, 0.29) is 11.9 Å². The van der Waals surface area contributed by atoms with Crippen LogP contribution in [0.4, 0.5) is 18.9 Å². The van der Waals surface area contributed by atoms with E-state index in [0.29, 0.717) is 12.5 Å². The zero-order chi connectivity index (χ0) is 22.3. The van der Waals surface area contributed by atoms with Crippen molar-refractivity contribution in [1.29, 1.82) is 0 Å². The van der Waals surface area contributed by atoms with Gasteiger partial charge in [0.2, 0.25) is 5.88 Å². The van der Waals surface area contributed by atoms with Gasteiger partial charge in [-0.15, -0.1) is 0 Å². The highest BCUT2D eigenvalue weighted by molar-refractivity contribution is 5.80. The Morgan fingerprint density at radius 2 is 2.06 bits per heavy atom. The molecule has 1 atom stereocenters.